The standard InChI is InChI=1S/C16H16F3NO/c1-2-11(20)9-12-13(18)4-3-5-15(12)21-16-7-6-10(17)8-14(16)19/h3-8,11H,2,9,20H2,1H3. The minimum absolute atomic E-state index is 0.159. The molecule has 0 saturated heterocycles. The topological polar surface area (TPSA) is 35.2 Å². The zero-order valence-electron chi connectivity index (χ0n) is 11.6. The zero-order valence-corrected chi connectivity index (χ0v) is 11.6. The molecule has 0 aliphatic heterocycles. The lowest BCUT2D eigenvalue weighted by molar-refractivity contribution is 0.425. The first-order valence-electron chi connectivity index (χ1n) is 6.67. The second-order valence-corrected chi connectivity index (χ2v) is 4.77. The maximum absolute atomic E-state index is 13.9. The van der Waals surface area contributed by atoms with Crippen LogP contribution in [0.5, 0.6) is 11.5 Å². The Kier molecular flexibility index (Phi) is 4.85. The van der Waals surface area contributed by atoms with Gasteiger partial charge in [0.2, 0.25) is 0 Å². The molecule has 0 aliphatic carbocycles. The van der Waals surface area contributed by atoms with Crippen LogP contribution in [0.4, 0.5) is 13.2 Å². The fourth-order valence-corrected chi connectivity index (χ4v) is 1.92. The van der Waals surface area contributed by atoms with Gasteiger partial charge in [-0.25, -0.2) is 13.2 Å². The van der Waals surface area contributed by atoms with Crippen molar-refractivity contribution in [1.82, 2.24) is 0 Å². The quantitative estimate of drug-likeness (QED) is 0.898. The third-order valence-electron chi connectivity index (χ3n) is 3.18. The van der Waals surface area contributed by atoms with Gasteiger partial charge in [-0.3, -0.25) is 0 Å². The molecule has 2 aromatic carbocycles. The number of hydrogen-bond acceptors (Lipinski definition) is 2. The maximum Gasteiger partial charge on any atom is 0.168 e. The van der Waals surface area contributed by atoms with Crippen molar-refractivity contribution < 1.29 is 17.9 Å². The van der Waals surface area contributed by atoms with Crippen LogP contribution >= 0.6 is 0 Å². The van der Waals surface area contributed by atoms with Gasteiger partial charge in [0.15, 0.2) is 11.6 Å². The minimum atomic E-state index is -0.843. The molecule has 0 heterocycles. The lowest BCUT2D eigenvalue weighted by Crippen LogP contribution is -2.22. The van der Waals surface area contributed by atoms with Crippen molar-refractivity contribution in [1.29, 1.82) is 0 Å². The fraction of sp³-hybridized carbons (Fsp3) is 0.250. The summed E-state index contributed by atoms with van der Waals surface area (Å²) >= 11 is 0. The van der Waals surface area contributed by atoms with Gasteiger partial charge < -0.3 is 10.5 Å². The minimum Gasteiger partial charge on any atom is -0.454 e. The van der Waals surface area contributed by atoms with Gasteiger partial charge in [-0.2, -0.15) is 0 Å². The lowest BCUT2D eigenvalue weighted by Gasteiger charge is -2.15. The van der Waals surface area contributed by atoms with Crippen LogP contribution in [0.2, 0.25) is 0 Å². The Hall–Kier alpha value is -2.01. The highest BCUT2D eigenvalue weighted by Gasteiger charge is 2.15. The Balaban J connectivity index is 2.33. The van der Waals surface area contributed by atoms with Gasteiger partial charge in [-0.1, -0.05) is 13.0 Å². The number of nitrogens with two attached hydrogens (primary N) is 1. The average molecular weight is 295 g/mol. The van der Waals surface area contributed by atoms with Gasteiger partial charge in [0.05, 0.1) is 0 Å². The van der Waals surface area contributed by atoms with E-state index in [4.69, 9.17) is 10.5 Å². The summed E-state index contributed by atoms with van der Waals surface area (Å²) in [5.41, 5.74) is 6.13. The predicted molar refractivity (Wildman–Crippen MR) is 74.8 cm³/mol. The number of ether oxygens (including phenoxy) is 1. The van der Waals surface area contributed by atoms with E-state index >= 15 is 0 Å². The summed E-state index contributed by atoms with van der Waals surface area (Å²) in [6.45, 7) is 1.89. The summed E-state index contributed by atoms with van der Waals surface area (Å²) < 4.78 is 45.8. The number of benzene rings is 2. The molecule has 0 aliphatic rings. The van der Waals surface area contributed by atoms with Crippen molar-refractivity contribution in [2.45, 2.75) is 25.8 Å². The summed E-state index contributed by atoms with van der Waals surface area (Å²) in [7, 11) is 0. The van der Waals surface area contributed by atoms with Gasteiger partial charge in [-0.15, -0.1) is 0 Å². The summed E-state index contributed by atoms with van der Waals surface area (Å²) in [5, 5.41) is 0. The van der Waals surface area contributed by atoms with E-state index in [0.717, 1.165) is 6.07 Å². The zero-order chi connectivity index (χ0) is 15.4. The molecule has 21 heavy (non-hydrogen) atoms. The molecule has 1 unspecified atom stereocenters. The van der Waals surface area contributed by atoms with E-state index in [1.54, 1.807) is 0 Å². The summed E-state index contributed by atoms with van der Waals surface area (Å²) in [6.07, 6.45) is 0.958. The van der Waals surface area contributed by atoms with Crippen molar-refractivity contribution in [3.63, 3.8) is 0 Å². The predicted octanol–water partition coefficient (Wildman–Crippen LogP) is 4.18. The highest BCUT2D eigenvalue weighted by atomic mass is 19.1. The molecule has 2 nitrogen and oxygen atoms in total. The fourth-order valence-electron chi connectivity index (χ4n) is 1.92. The van der Waals surface area contributed by atoms with Crippen molar-refractivity contribution in [3.8, 4) is 11.5 Å². The first kappa shape index (κ1) is 15.4. The van der Waals surface area contributed by atoms with Crippen LogP contribution in [0.25, 0.3) is 0 Å². The SMILES string of the molecule is CCC(N)Cc1c(F)cccc1Oc1ccc(F)cc1F. The molecule has 112 valence electrons. The van der Waals surface area contributed by atoms with Gasteiger partial charge >= 0.3 is 0 Å². The lowest BCUT2D eigenvalue weighted by atomic mass is 10.0. The number of rotatable bonds is 5. The van der Waals surface area contributed by atoms with Crippen LogP contribution in [0.1, 0.15) is 18.9 Å². The molecule has 0 amide bonds. The normalized spacial score (nSPS) is 12.2. The van der Waals surface area contributed by atoms with Crippen molar-refractivity contribution in [3.05, 3.63) is 59.4 Å². The van der Waals surface area contributed by atoms with Crippen LogP contribution < -0.4 is 10.5 Å². The van der Waals surface area contributed by atoms with Crippen molar-refractivity contribution in [2.24, 2.45) is 5.73 Å². The second kappa shape index (κ2) is 6.63. The molecular formula is C16H16F3NO. The van der Waals surface area contributed by atoms with Crippen LogP contribution in [0, 0.1) is 17.5 Å². The summed E-state index contributed by atoms with van der Waals surface area (Å²) in [4.78, 5) is 0. The second-order valence-electron chi connectivity index (χ2n) is 4.77. The molecule has 0 aromatic heterocycles. The van der Waals surface area contributed by atoms with Crippen molar-refractivity contribution in [2.75, 3.05) is 0 Å². The third kappa shape index (κ3) is 3.76. The molecule has 1 atom stereocenters. The molecule has 0 spiro atoms. The summed E-state index contributed by atoms with van der Waals surface area (Å²) in [6, 6.07) is 7.03. The van der Waals surface area contributed by atoms with E-state index in [2.05, 4.69) is 0 Å². The Bertz CT molecular complexity index is 631. The highest BCUT2D eigenvalue weighted by molar-refractivity contribution is 5.39. The Morgan fingerprint density at radius 1 is 1.05 bits per heavy atom. The van der Waals surface area contributed by atoms with Gasteiger partial charge in [0, 0.05) is 17.7 Å². The van der Waals surface area contributed by atoms with Crippen LogP contribution in [0.3, 0.4) is 0 Å². The van der Waals surface area contributed by atoms with E-state index in [1.807, 2.05) is 6.92 Å². The Morgan fingerprint density at radius 3 is 2.48 bits per heavy atom. The first-order chi connectivity index (χ1) is 10.0. The van der Waals surface area contributed by atoms with Gasteiger partial charge in [0.25, 0.3) is 0 Å². The molecule has 0 bridgehead atoms. The molecule has 0 radical (unpaired) electrons. The number of hydrogen-bond donors (Lipinski definition) is 1. The van der Waals surface area contributed by atoms with E-state index in [0.29, 0.717) is 12.5 Å². The third-order valence-corrected chi connectivity index (χ3v) is 3.18. The number of halogens is 3. The Morgan fingerprint density at radius 2 is 1.81 bits per heavy atom. The average Bonchev–Trinajstić information content (AvgIpc) is 2.45. The van der Waals surface area contributed by atoms with Crippen LogP contribution in [-0.4, -0.2) is 6.04 Å². The van der Waals surface area contributed by atoms with E-state index < -0.39 is 17.5 Å². The molecule has 2 N–H and O–H groups in total. The smallest absolute Gasteiger partial charge is 0.168 e. The summed E-state index contributed by atoms with van der Waals surface area (Å²) in [5.74, 6) is -1.98. The first-order valence-corrected chi connectivity index (χ1v) is 6.67. The molecule has 0 fully saturated rings. The molecule has 5 heteroatoms. The molecular weight excluding hydrogens is 279 g/mol. The Labute approximate surface area is 121 Å². The molecule has 2 aromatic rings. The maximum atomic E-state index is 13.9. The van der Waals surface area contributed by atoms with Gasteiger partial charge in [-0.05, 0) is 37.1 Å². The van der Waals surface area contributed by atoms with Crippen LogP contribution in [-0.2, 0) is 6.42 Å². The van der Waals surface area contributed by atoms with Gasteiger partial charge in [0.1, 0.15) is 17.4 Å². The van der Waals surface area contributed by atoms with Crippen molar-refractivity contribution >= 4 is 0 Å². The van der Waals surface area contributed by atoms with Crippen LogP contribution in [0.15, 0.2) is 36.4 Å². The largest absolute Gasteiger partial charge is 0.454 e. The van der Waals surface area contributed by atoms with E-state index in [1.165, 1.54) is 24.3 Å². The monoisotopic (exact) mass is 295 g/mol. The highest BCUT2D eigenvalue weighted by Crippen LogP contribution is 2.30. The van der Waals surface area contributed by atoms with E-state index in [9.17, 15) is 13.2 Å². The van der Waals surface area contributed by atoms with E-state index in [-0.39, 0.29) is 29.5 Å². The molecule has 0 saturated carbocycles. The molecule has 2 rings (SSSR count).